The molecular formula is C54H110N2O6P+. The molecule has 0 aliphatic heterocycles. The summed E-state index contributed by atoms with van der Waals surface area (Å²) >= 11 is 0. The fourth-order valence-electron chi connectivity index (χ4n) is 8.40. The Morgan fingerprint density at radius 3 is 1.22 bits per heavy atom. The third kappa shape index (κ3) is 49.0. The number of rotatable bonds is 51. The molecule has 0 aromatic heterocycles. The van der Waals surface area contributed by atoms with Gasteiger partial charge in [0, 0.05) is 6.42 Å². The Labute approximate surface area is 392 Å². The van der Waals surface area contributed by atoms with Gasteiger partial charge in [-0.25, -0.2) is 4.57 Å². The molecule has 63 heavy (non-hydrogen) atoms. The number of hydrogen-bond donors (Lipinski definition) is 3. The van der Waals surface area contributed by atoms with E-state index in [-0.39, 0.29) is 19.1 Å². The maximum absolute atomic E-state index is 12.9. The normalized spacial score (nSPS) is 14.1. The number of phosphoric acid groups is 1. The van der Waals surface area contributed by atoms with E-state index in [0.29, 0.717) is 23.9 Å². The zero-order valence-electron chi connectivity index (χ0n) is 42.8. The van der Waals surface area contributed by atoms with Gasteiger partial charge in [-0.05, 0) is 38.5 Å². The first-order valence-corrected chi connectivity index (χ1v) is 29.0. The van der Waals surface area contributed by atoms with Gasteiger partial charge in [-0.2, -0.15) is 0 Å². The van der Waals surface area contributed by atoms with Crippen LogP contribution in [0.4, 0.5) is 0 Å². The molecule has 0 radical (unpaired) electrons. The molecule has 0 aromatic rings. The molecule has 3 N–H and O–H groups in total. The summed E-state index contributed by atoms with van der Waals surface area (Å²) in [7, 11) is 1.63. The number of nitrogens with one attached hydrogen (secondary N) is 1. The number of quaternary nitrogens is 1. The van der Waals surface area contributed by atoms with Gasteiger partial charge in [0.15, 0.2) is 0 Å². The van der Waals surface area contributed by atoms with Crippen molar-refractivity contribution in [1.82, 2.24) is 5.32 Å². The summed E-state index contributed by atoms with van der Waals surface area (Å²) < 4.78 is 23.6. The average molecular weight is 914 g/mol. The second-order valence-electron chi connectivity index (χ2n) is 20.3. The fourth-order valence-corrected chi connectivity index (χ4v) is 9.13. The third-order valence-electron chi connectivity index (χ3n) is 12.8. The zero-order valence-corrected chi connectivity index (χ0v) is 43.7. The van der Waals surface area contributed by atoms with E-state index < -0.39 is 20.0 Å². The number of hydrogen-bond acceptors (Lipinski definition) is 5. The Kier molecular flexibility index (Phi) is 45.8. The number of phosphoric ester groups is 1. The van der Waals surface area contributed by atoms with Crippen molar-refractivity contribution in [2.75, 3.05) is 40.9 Å². The van der Waals surface area contributed by atoms with Crippen LogP contribution >= 0.6 is 7.82 Å². The molecule has 0 bridgehead atoms. The van der Waals surface area contributed by atoms with Crippen LogP contribution in [-0.4, -0.2) is 73.4 Å². The molecule has 0 saturated carbocycles. The Bertz CT molecular complexity index is 1040. The maximum atomic E-state index is 12.9. The molecule has 0 aliphatic carbocycles. The Morgan fingerprint density at radius 2 is 0.857 bits per heavy atom. The Hall–Kier alpha value is -0.760. The number of carbonyl (C=O) groups is 1. The highest BCUT2D eigenvalue weighted by Crippen LogP contribution is 2.43. The topological polar surface area (TPSA) is 105 Å². The van der Waals surface area contributed by atoms with Crippen molar-refractivity contribution in [3.63, 3.8) is 0 Å². The first-order valence-electron chi connectivity index (χ1n) is 27.6. The van der Waals surface area contributed by atoms with Crippen molar-refractivity contribution in [1.29, 1.82) is 0 Å². The maximum Gasteiger partial charge on any atom is 0.472 e. The van der Waals surface area contributed by atoms with Crippen molar-refractivity contribution in [2.45, 2.75) is 289 Å². The van der Waals surface area contributed by atoms with Crippen LogP contribution in [0.15, 0.2) is 12.2 Å². The monoisotopic (exact) mass is 914 g/mol. The standard InChI is InChI=1S/C54H109N2O6P/c1-6-8-10-12-14-16-17-18-19-20-21-22-23-24-25-26-27-28-29-30-31-32-33-34-35-36-37-38-39-40-42-44-46-48-54(58)55-52(51-62-63(59,60)61-50-49-56(3,4)5)53(57)47-45-43-41-15-13-11-9-7-2/h20-21,52-53,57H,6-19,22-51H2,1-5H3,(H-,55,58,59,60)/p+1/b21-20-. The molecule has 0 spiro atoms. The summed E-state index contributed by atoms with van der Waals surface area (Å²) in [6, 6.07) is -0.753. The number of nitrogens with zero attached hydrogens (tertiary/aromatic N) is 1. The first-order chi connectivity index (χ1) is 30.5. The van der Waals surface area contributed by atoms with Gasteiger partial charge in [-0.15, -0.1) is 0 Å². The summed E-state index contributed by atoms with van der Waals surface area (Å²) in [4.78, 5) is 23.1. The highest BCUT2D eigenvalue weighted by atomic mass is 31.2. The lowest BCUT2D eigenvalue weighted by Gasteiger charge is -2.26. The van der Waals surface area contributed by atoms with E-state index in [9.17, 15) is 19.4 Å². The van der Waals surface area contributed by atoms with E-state index in [1.165, 1.54) is 212 Å². The van der Waals surface area contributed by atoms with Gasteiger partial charge in [0.05, 0.1) is 39.9 Å². The van der Waals surface area contributed by atoms with Gasteiger partial charge < -0.3 is 19.8 Å². The van der Waals surface area contributed by atoms with Crippen LogP contribution < -0.4 is 5.32 Å². The molecule has 0 aromatic carbocycles. The minimum atomic E-state index is -4.31. The van der Waals surface area contributed by atoms with Crippen LogP contribution in [0.2, 0.25) is 0 Å². The summed E-state index contributed by atoms with van der Waals surface area (Å²) in [5.74, 6) is -0.142. The number of unbranched alkanes of at least 4 members (excludes halogenated alkanes) is 36. The minimum absolute atomic E-state index is 0.0773. The van der Waals surface area contributed by atoms with E-state index in [1.54, 1.807) is 0 Å². The summed E-state index contributed by atoms with van der Waals surface area (Å²) in [5, 5.41) is 13.9. The SMILES string of the molecule is CCCCCCCCCC/C=C\CCCCCCCCCCCCCCCCCCCCCCCC(=O)NC(COP(=O)(O)OCC[N+](C)(C)C)C(O)CCCCCCCCCC. The molecule has 1 amide bonds. The molecular weight excluding hydrogens is 804 g/mol. The number of amides is 1. The highest BCUT2D eigenvalue weighted by molar-refractivity contribution is 7.47. The first kappa shape index (κ1) is 62.2. The lowest BCUT2D eigenvalue weighted by molar-refractivity contribution is -0.870. The van der Waals surface area contributed by atoms with Gasteiger partial charge >= 0.3 is 7.82 Å². The van der Waals surface area contributed by atoms with Gasteiger partial charge in [0.1, 0.15) is 13.2 Å². The number of likely N-dealkylation sites (N-methyl/N-ethyl adjacent to an activating group) is 1. The lowest BCUT2D eigenvalue weighted by Crippen LogP contribution is -2.46. The van der Waals surface area contributed by atoms with Crippen LogP contribution in [0.3, 0.4) is 0 Å². The minimum Gasteiger partial charge on any atom is -0.391 e. The van der Waals surface area contributed by atoms with E-state index in [0.717, 1.165) is 38.5 Å². The van der Waals surface area contributed by atoms with Gasteiger partial charge in [0.25, 0.3) is 0 Å². The fraction of sp³-hybridized carbons (Fsp3) is 0.944. The zero-order chi connectivity index (χ0) is 46.4. The molecule has 0 aliphatic rings. The Balaban J connectivity index is 3.83. The van der Waals surface area contributed by atoms with Crippen LogP contribution in [0.1, 0.15) is 277 Å². The van der Waals surface area contributed by atoms with Gasteiger partial charge in [-0.1, -0.05) is 244 Å². The molecule has 0 fully saturated rings. The molecule has 0 heterocycles. The smallest absolute Gasteiger partial charge is 0.391 e. The van der Waals surface area contributed by atoms with Crippen LogP contribution in [0, 0.1) is 0 Å². The van der Waals surface area contributed by atoms with Crippen molar-refractivity contribution in [3.05, 3.63) is 12.2 Å². The third-order valence-corrected chi connectivity index (χ3v) is 13.7. The van der Waals surface area contributed by atoms with Crippen molar-refractivity contribution in [3.8, 4) is 0 Å². The molecule has 9 heteroatoms. The van der Waals surface area contributed by atoms with E-state index in [4.69, 9.17) is 9.05 Å². The average Bonchev–Trinajstić information content (AvgIpc) is 3.24. The van der Waals surface area contributed by atoms with Gasteiger partial charge in [0.2, 0.25) is 5.91 Å². The highest BCUT2D eigenvalue weighted by Gasteiger charge is 2.28. The number of aliphatic hydroxyl groups is 1. The molecule has 376 valence electrons. The Morgan fingerprint density at radius 1 is 0.524 bits per heavy atom. The summed E-state index contributed by atoms with van der Waals surface area (Å²) in [5.41, 5.74) is 0. The van der Waals surface area contributed by atoms with Crippen molar-refractivity contribution >= 4 is 13.7 Å². The summed E-state index contributed by atoms with van der Waals surface area (Å²) in [6.45, 7) is 4.88. The number of allylic oxidation sites excluding steroid dienone is 2. The van der Waals surface area contributed by atoms with Crippen molar-refractivity contribution < 1.29 is 32.9 Å². The van der Waals surface area contributed by atoms with E-state index in [1.807, 2.05) is 21.1 Å². The van der Waals surface area contributed by atoms with Crippen LogP contribution in [0.25, 0.3) is 0 Å². The number of aliphatic hydroxyl groups excluding tert-OH is 1. The largest absolute Gasteiger partial charge is 0.472 e. The van der Waals surface area contributed by atoms with Gasteiger partial charge in [-0.3, -0.25) is 13.8 Å². The van der Waals surface area contributed by atoms with E-state index in [2.05, 4.69) is 31.3 Å². The number of carbonyl (C=O) groups excluding carboxylic acids is 1. The van der Waals surface area contributed by atoms with Crippen LogP contribution in [0.5, 0.6) is 0 Å². The van der Waals surface area contributed by atoms with Crippen LogP contribution in [-0.2, 0) is 18.4 Å². The lowest BCUT2D eigenvalue weighted by atomic mass is 10.0. The van der Waals surface area contributed by atoms with E-state index >= 15 is 0 Å². The predicted molar refractivity (Wildman–Crippen MR) is 272 cm³/mol. The second kappa shape index (κ2) is 46.4. The predicted octanol–water partition coefficient (Wildman–Crippen LogP) is 16.3. The quantitative estimate of drug-likeness (QED) is 0.0243. The molecule has 3 atom stereocenters. The molecule has 0 rings (SSSR count). The molecule has 3 unspecified atom stereocenters. The molecule has 0 saturated heterocycles. The summed E-state index contributed by atoms with van der Waals surface area (Å²) in [6.07, 6.45) is 55.9. The molecule has 8 nitrogen and oxygen atoms in total. The second-order valence-corrected chi connectivity index (χ2v) is 21.8. The van der Waals surface area contributed by atoms with Crippen molar-refractivity contribution in [2.24, 2.45) is 0 Å².